The molecule has 0 aromatic heterocycles. The molecule has 1 heterocycles. The first kappa shape index (κ1) is 6.78. The Morgan fingerprint density at radius 3 is 2.89 bits per heavy atom. The molecule has 2 heteroatoms. The fraction of sp³-hybridized carbons (Fsp3) is 0.714. The second-order valence-corrected chi connectivity index (χ2v) is 2.43. The van der Waals surface area contributed by atoms with Crippen LogP contribution < -0.4 is 5.73 Å². The second kappa shape index (κ2) is 2.99. The molecule has 52 valence electrons. The summed E-state index contributed by atoms with van der Waals surface area (Å²) in [5.41, 5.74) is 5.67. The lowest BCUT2D eigenvalue weighted by Crippen LogP contribution is -2.33. The van der Waals surface area contributed by atoms with Crippen molar-refractivity contribution < 1.29 is 4.74 Å². The van der Waals surface area contributed by atoms with Crippen LogP contribution in [0, 0.1) is 0 Å². The Morgan fingerprint density at radius 2 is 2.44 bits per heavy atom. The van der Waals surface area contributed by atoms with Gasteiger partial charge in [0.1, 0.15) is 0 Å². The van der Waals surface area contributed by atoms with E-state index >= 15 is 0 Å². The number of nitrogens with two attached hydrogens (primary N) is 1. The Labute approximate surface area is 55.7 Å². The molecule has 0 bridgehead atoms. The van der Waals surface area contributed by atoms with Gasteiger partial charge in [-0.2, -0.15) is 0 Å². The predicted octanol–water partition coefficient (Wildman–Crippen LogP) is 0.679. The zero-order valence-corrected chi connectivity index (χ0v) is 5.55. The average Bonchev–Trinajstić information content (AvgIpc) is 1.88. The highest BCUT2D eigenvalue weighted by molar-refractivity contribution is 4.86. The number of hydrogen-bond acceptors (Lipinski definition) is 2. The number of ether oxygens (including phenoxy) is 1. The molecule has 2 N–H and O–H groups in total. The third-order valence-electron chi connectivity index (χ3n) is 1.62. The number of hydrogen-bond donors (Lipinski definition) is 1. The van der Waals surface area contributed by atoms with E-state index < -0.39 is 0 Å². The van der Waals surface area contributed by atoms with Crippen molar-refractivity contribution in [3.8, 4) is 0 Å². The van der Waals surface area contributed by atoms with Crippen LogP contribution in [-0.4, -0.2) is 18.8 Å². The standard InChI is InChI=1S/C7H13NO/c1-2-7-5-6(8)3-4-9-7/h2,6-7H,1,3-5,8H2/t6-,7+/m1/s1. The van der Waals surface area contributed by atoms with E-state index in [-0.39, 0.29) is 6.10 Å². The normalized spacial score (nSPS) is 36.1. The van der Waals surface area contributed by atoms with Crippen LogP contribution >= 0.6 is 0 Å². The van der Waals surface area contributed by atoms with E-state index in [2.05, 4.69) is 6.58 Å². The van der Waals surface area contributed by atoms with Gasteiger partial charge in [-0.1, -0.05) is 6.08 Å². The van der Waals surface area contributed by atoms with Gasteiger partial charge in [-0.25, -0.2) is 0 Å². The average molecular weight is 127 g/mol. The van der Waals surface area contributed by atoms with Crippen LogP contribution in [0.5, 0.6) is 0 Å². The fourth-order valence-electron chi connectivity index (χ4n) is 1.02. The van der Waals surface area contributed by atoms with Gasteiger partial charge >= 0.3 is 0 Å². The summed E-state index contributed by atoms with van der Waals surface area (Å²) in [6, 6.07) is 0.321. The maximum Gasteiger partial charge on any atom is 0.0767 e. The van der Waals surface area contributed by atoms with Crippen molar-refractivity contribution in [2.24, 2.45) is 5.73 Å². The van der Waals surface area contributed by atoms with E-state index in [1.54, 1.807) is 0 Å². The van der Waals surface area contributed by atoms with E-state index in [0.717, 1.165) is 19.4 Å². The lowest BCUT2D eigenvalue weighted by molar-refractivity contribution is 0.0379. The minimum Gasteiger partial charge on any atom is -0.374 e. The van der Waals surface area contributed by atoms with Crippen LogP contribution in [0.1, 0.15) is 12.8 Å². The molecule has 0 aliphatic carbocycles. The van der Waals surface area contributed by atoms with Crippen LogP contribution in [0.25, 0.3) is 0 Å². The van der Waals surface area contributed by atoms with Crippen LogP contribution in [-0.2, 0) is 4.74 Å². The van der Waals surface area contributed by atoms with Crippen molar-refractivity contribution in [1.82, 2.24) is 0 Å². The molecule has 1 aliphatic heterocycles. The summed E-state index contributed by atoms with van der Waals surface area (Å²) in [5.74, 6) is 0. The van der Waals surface area contributed by atoms with Gasteiger partial charge in [0.25, 0.3) is 0 Å². The van der Waals surface area contributed by atoms with Crippen molar-refractivity contribution in [2.45, 2.75) is 25.0 Å². The van der Waals surface area contributed by atoms with Crippen molar-refractivity contribution >= 4 is 0 Å². The first-order valence-electron chi connectivity index (χ1n) is 3.32. The van der Waals surface area contributed by atoms with Crippen molar-refractivity contribution in [1.29, 1.82) is 0 Å². The zero-order valence-electron chi connectivity index (χ0n) is 5.55. The molecule has 0 radical (unpaired) electrons. The molecule has 0 saturated carbocycles. The molecular formula is C7H13NO. The first-order valence-corrected chi connectivity index (χ1v) is 3.32. The van der Waals surface area contributed by atoms with Gasteiger partial charge in [-0.15, -0.1) is 6.58 Å². The van der Waals surface area contributed by atoms with Crippen molar-refractivity contribution in [2.75, 3.05) is 6.61 Å². The highest BCUT2D eigenvalue weighted by atomic mass is 16.5. The highest BCUT2D eigenvalue weighted by Crippen LogP contribution is 2.11. The first-order chi connectivity index (χ1) is 4.33. The quantitative estimate of drug-likeness (QED) is 0.526. The lowest BCUT2D eigenvalue weighted by Gasteiger charge is -2.24. The van der Waals surface area contributed by atoms with Gasteiger partial charge in [0.2, 0.25) is 0 Å². The summed E-state index contributed by atoms with van der Waals surface area (Å²) in [5, 5.41) is 0. The third-order valence-corrected chi connectivity index (χ3v) is 1.62. The van der Waals surface area contributed by atoms with E-state index in [0.29, 0.717) is 6.04 Å². The van der Waals surface area contributed by atoms with E-state index in [4.69, 9.17) is 10.5 Å². The minimum absolute atomic E-state index is 0.203. The van der Waals surface area contributed by atoms with Crippen molar-refractivity contribution in [3.05, 3.63) is 12.7 Å². The van der Waals surface area contributed by atoms with E-state index in [9.17, 15) is 0 Å². The summed E-state index contributed by atoms with van der Waals surface area (Å²) in [6.07, 6.45) is 3.95. The minimum atomic E-state index is 0.203. The maximum absolute atomic E-state index is 5.67. The summed E-state index contributed by atoms with van der Waals surface area (Å²) in [4.78, 5) is 0. The van der Waals surface area contributed by atoms with Crippen molar-refractivity contribution in [3.63, 3.8) is 0 Å². The largest absolute Gasteiger partial charge is 0.374 e. The van der Waals surface area contributed by atoms with E-state index in [1.807, 2.05) is 6.08 Å². The number of rotatable bonds is 1. The molecule has 9 heavy (non-hydrogen) atoms. The predicted molar refractivity (Wildman–Crippen MR) is 37.1 cm³/mol. The molecule has 2 atom stereocenters. The van der Waals surface area contributed by atoms with Gasteiger partial charge in [0, 0.05) is 12.6 Å². The molecule has 0 amide bonds. The smallest absolute Gasteiger partial charge is 0.0767 e. The maximum atomic E-state index is 5.67. The monoisotopic (exact) mass is 127 g/mol. The Hall–Kier alpha value is -0.340. The molecular weight excluding hydrogens is 114 g/mol. The third kappa shape index (κ3) is 1.80. The Bertz CT molecular complexity index is 103. The summed E-state index contributed by atoms with van der Waals surface area (Å²) >= 11 is 0. The molecule has 1 fully saturated rings. The highest BCUT2D eigenvalue weighted by Gasteiger charge is 2.15. The molecule has 0 unspecified atom stereocenters. The summed E-state index contributed by atoms with van der Waals surface area (Å²) in [6.45, 7) is 4.43. The fourth-order valence-corrected chi connectivity index (χ4v) is 1.02. The van der Waals surface area contributed by atoms with Gasteiger partial charge in [0.05, 0.1) is 6.10 Å². The van der Waals surface area contributed by atoms with E-state index in [1.165, 1.54) is 0 Å². The topological polar surface area (TPSA) is 35.2 Å². The summed E-state index contributed by atoms with van der Waals surface area (Å²) < 4.78 is 5.30. The Kier molecular flexibility index (Phi) is 2.25. The molecule has 1 saturated heterocycles. The van der Waals surface area contributed by atoms with Gasteiger partial charge in [-0.05, 0) is 12.8 Å². The van der Waals surface area contributed by atoms with Crippen LogP contribution in [0.4, 0.5) is 0 Å². The van der Waals surface area contributed by atoms with Crippen LogP contribution in [0.2, 0.25) is 0 Å². The van der Waals surface area contributed by atoms with Crippen LogP contribution in [0.3, 0.4) is 0 Å². The molecule has 0 spiro atoms. The lowest BCUT2D eigenvalue weighted by atomic mass is 10.0. The summed E-state index contributed by atoms with van der Waals surface area (Å²) in [7, 11) is 0. The Balaban J connectivity index is 2.31. The van der Waals surface area contributed by atoms with Gasteiger partial charge in [-0.3, -0.25) is 0 Å². The van der Waals surface area contributed by atoms with Gasteiger partial charge < -0.3 is 10.5 Å². The molecule has 1 rings (SSSR count). The zero-order chi connectivity index (χ0) is 6.69. The van der Waals surface area contributed by atoms with Crippen LogP contribution in [0.15, 0.2) is 12.7 Å². The molecule has 2 nitrogen and oxygen atoms in total. The molecule has 1 aliphatic rings. The second-order valence-electron chi connectivity index (χ2n) is 2.43. The Morgan fingerprint density at radius 1 is 1.67 bits per heavy atom. The molecule has 0 aromatic rings. The molecule has 0 aromatic carbocycles. The SMILES string of the molecule is C=C[C@H]1C[C@H](N)CCO1. The van der Waals surface area contributed by atoms with Gasteiger partial charge in [0.15, 0.2) is 0 Å².